The lowest BCUT2D eigenvalue weighted by atomic mass is 9.65. The fourth-order valence-electron chi connectivity index (χ4n) is 3.79. The molecule has 1 N–H and O–H groups in total. The Balaban J connectivity index is 2.40. The highest BCUT2D eigenvalue weighted by atomic mass is 16.3. The Morgan fingerprint density at radius 2 is 2.20 bits per heavy atom. The molecule has 0 saturated carbocycles. The van der Waals surface area contributed by atoms with Crippen molar-refractivity contribution < 1.29 is 5.11 Å². The average Bonchev–Trinajstić information content (AvgIpc) is 2.57. The quantitative estimate of drug-likeness (QED) is 0.668. The highest BCUT2D eigenvalue weighted by Crippen LogP contribution is 2.54. The second kappa shape index (κ2) is 3.33. The summed E-state index contributed by atoms with van der Waals surface area (Å²) in [5.41, 5.74) is 1.72. The van der Waals surface area contributed by atoms with Gasteiger partial charge in [0.05, 0.1) is 0 Å². The molecule has 2 rings (SSSR count). The van der Waals surface area contributed by atoms with Gasteiger partial charge in [0.25, 0.3) is 0 Å². The first-order valence-electron chi connectivity index (χ1n) is 5.94. The van der Waals surface area contributed by atoms with Gasteiger partial charge in [-0.25, -0.2) is 0 Å². The van der Waals surface area contributed by atoms with Gasteiger partial charge < -0.3 is 5.11 Å². The molecule has 2 fully saturated rings. The van der Waals surface area contributed by atoms with E-state index in [-0.39, 0.29) is 11.0 Å². The lowest BCUT2D eigenvalue weighted by Gasteiger charge is -2.47. The van der Waals surface area contributed by atoms with Crippen molar-refractivity contribution in [2.24, 2.45) is 11.3 Å². The van der Waals surface area contributed by atoms with E-state index < -0.39 is 0 Å². The first-order chi connectivity index (χ1) is 6.91. The predicted molar refractivity (Wildman–Crippen MR) is 62.7 cm³/mol. The first-order valence-corrected chi connectivity index (χ1v) is 5.94. The molecule has 2 aliphatic rings. The van der Waals surface area contributed by atoms with E-state index in [0.29, 0.717) is 12.5 Å². The van der Waals surface area contributed by atoms with E-state index in [1.807, 2.05) is 0 Å². The standard InChI is InChI=1S/C13H23NO/c1-10-7-13(12(2,3)4)11(9-15)5-6-14(13)8-10/h11,15H,1,5-9H2,2-4H3. The second-order valence-corrected chi connectivity index (χ2v) is 6.19. The maximum atomic E-state index is 9.57. The summed E-state index contributed by atoms with van der Waals surface area (Å²) in [6.07, 6.45) is 2.21. The van der Waals surface area contributed by atoms with Crippen LogP contribution >= 0.6 is 0 Å². The van der Waals surface area contributed by atoms with Crippen molar-refractivity contribution in [3.63, 3.8) is 0 Å². The zero-order chi connectivity index (χ0) is 11.3. The van der Waals surface area contributed by atoms with Crippen molar-refractivity contribution in [1.82, 2.24) is 4.90 Å². The molecule has 2 atom stereocenters. The van der Waals surface area contributed by atoms with Crippen molar-refractivity contribution >= 4 is 0 Å². The molecule has 0 bridgehead atoms. The maximum absolute atomic E-state index is 9.57. The van der Waals surface area contributed by atoms with E-state index in [4.69, 9.17) is 0 Å². The van der Waals surface area contributed by atoms with Gasteiger partial charge >= 0.3 is 0 Å². The summed E-state index contributed by atoms with van der Waals surface area (Å²) in [5.74, 6) is 0.428. The Bertz CT molecular complexity index is 279. The van der Waals surface area contributed by atoms with E-state index in [2.05, 4.69) is 32.3 Å². The zero-order valence-electron chi connectivity index (χ0n) is 10.2. The molecule has 0 aromatic rings. The van der Waals surface area contributed by atoms with Crippen molar-refractivity contribution in [3.05, 3.63) is 12.2 Å². The maximum Gasteiger partial charge on any atom is 0.0477 e. The predicted octanol–water partition coefficient (Wildman–Crippen LogP) is 2.05. The Morgan fingerprint density at radius 3 is 2.73 bits per heavy atom. The molecule has 2 nitrogen and oxygen atoms in total. The Hall–Kier alpha value is -0.340. The molecule has 2 unspecified atom stereocenters. The third-order valence-electron chi connectivity index (χ3n) is 4.44. The number of aliphatic hydroxyl groups excluding tert-OH is 1. The van der Waals surface area contributed by atoms with Crippen LogP contribution in [0, 0.1) is 11.3 Å². The third kappa shape index (κ3) is 1.38. The highest BCUT2D eigenvalue weighted by molar-refractivity contribution is 5.23. The van der Waals surface area contributed by atoms with Crippen LogP contribution < -0.4 is 0 Å². The summed E-state index contributed by atoms with van der Waals surface area (Å²) in [7, 11) is 0. The van der Waals surface area contributed by atoms with E-state index in [9.17, 15) is 5.11 Å². The van der Waals surface area contributed by atoms with Crippen LogP contribution in [0.25, 0.3) is 0 Å². The lowest BCUT2D eigenvalue weighted by molar-refractivity contribution is 0.00665. The van der Waals surface area contributed by atoms with E-state index in [1.165, 1.54) is 5.57 Å². The van der Waals surface area contributed by atoms with Crippen molar-refractivity contribution in [2.75, 3.05) is 19.7 Å². The van der Waals surface area contributed by atoms with Crippen LogP contribution in [0.2, 0.25) is 0 Å². The van der Waals surface area contributed by atoms with Gasteiger partial charge in [-0.15, -0.1) is 0 Å². The molecule has 0 radical (unpaired) electrons. The molecular formula is C13H23NO. The van der Waals surface area contributed by atoms with Gasteiger partial charge in [-0.3, -0.25) is 4.90 Å². The van der Waals surface area contributed by atoms with Gasteiger partial charge in [-0.2, -0.15) is 0 Å². The summed E-state index contributed by atoms with van der Waals surface area (Å²) in [6.45, 7) is 13.5. The van der Waals surface area contributed by atoms with Crippen molar-refractivity contribution in [3.8, 4) is 0 Å². The molecule has 2 heteroatoms. The van der Waals surface area contributed by atoms with Crippen molar-refractivity contribution in [2.45, 2.75) is 39.2 Å². The summed E-state index contributed by atoms with van der Waals surface area (Å²) < 4.78 is 0. The summed E-state index contributed by atoms with van der Waals surface area (Å²) >= 11 is 0. The fraction of sp³-hybridized carbons (Fsp3) is 0.846. The number of hydrogen-bond donors (Lipinski definition) is 1. The Kier molecular flexibility index (Phi) is 2.47. The first kappa shape index (κ1) is 11.2. The van der Waals surface area contributed by atoms with Crippen LogP contribution in [0.5, 0.6) is 0 Å². The summed E-state index contributed by atoms with van der Waals surface area (Å²) in [4.78, 5) is 2.55. The van der Waals surface area contributed by atoms with E-state index in [1.54, 1.807) is 0 Å². The molecule has 2 heterocycles. The van der Waals surface area contributed by atoms with Crippen LogP contribution in [0.15, 0.2) is 12.2 Å². The number of aliphatic hydroxyl groups is 1. The monoisotopic (exact) mass is 209 g/mol. The molecule has 0 aliphatic carbocycles. The van der Waals surface area contributed by atoms with Gasteiger partial charge in [0.15, 0.2) is 0 Å². The molecule has 15 heavy (non-hydrogen) atoms. The Labute approximate surface area is 93.0 Å². The number of rotatable bonds is 1. The van der Waals surface area contributed by atoms with Gasteiger partial charge in [0, 0.05) is 24.6 Å². The molecule has 0 amide bonds. The molecule has 2 aliphatic heterocycles. The second-order valence-electron chi connectivity index (χ2n) is 6.19. The van der Waals surface area contributed by atoms with Crippen LogP contribution in [0.1, 0.15) is 33.6 Å². The highest BCUT2D eigenvalue weighted by Gasteiger charge is 2.58. The SMILES string of the molecule is C=C1CN2CCC(CO)C2(C(C)(C)C)C1. The minimum atomic E-state index is 0.166. The van der Waals surface area contributed by atoms with Gasteiger partial charge in [-0.05, 0) is 24.8 Å². The Morgan fingerprint density at radius 1 is 1.53 bits per heavy atom. The number of nitrogens with zero attached hydrogens (tertiary/aromatic N) is 1. The molecule has 0 aromatic heterocycles. The van der Waals surface area contributed by atoms with E-state index >= 15 is 0 Å². The van der Waals surface area contributed by atoms with Crippen LogP contribution in [-0.2, 0) is 0 Å². The van der Waals surface area contributed by atoms with Crippen molar-refractivity contribution in [1.29, 1.82) is 0 Å². The minimum Gasteiger partial charge on any atom is -0.396 e. The number of fused-ring (bicyclic) bond motifs is 1. The van der Waals surface area contributed by atoms with Crippen LogP contribution in [-0.4, -0.2) is 35.2 Å². The smallest absolute Gasteiger partial charge is 0.0477 e. The normalized spacial score (nSPS) is 37.3. The molecule has 0 aromatic carbocycles. The topological polar surface area (TPSA) is 23.5 Å². The molecule has 0 spiro atoms. The lowest BCUT2D eigenvalue weighted by Crippen LogP contribution is -2.54. The van der Waals surface area contributed by atoms with Crippen LogP contribution in [0.4, 0.5) is 0 Å². The van der Waals surface area contributed by atoms with Gasteiger partial charge in [-0.1, -0.05) is 32.9 Å². The zero-order valence-corrected chi connectivity index (χ0v) is 10.2. The van der Waals surface area contributed by atoms with Gasteiger partial charge in [0.1, 0.15) is 0 Å². The fourth-order valence-corrected chi connectivity index (χ4v) is 3.79. The molecular weight excluding hydrogens is 186 g/mol. The third-order valence-corrected chi connectivity index (χ3v) is 4.44. The van der Waals surface area contributed by atoms with E-state index in [0.717, 1.165) is 25.9 Å². The number of hydrogen-bond acceptors (Lipinski definition) is 2. The largest absolute Gasteiger partial charge is 0.396 e. The molecule has 86 valence electrons. The average molecular weight is 209 g/mol. The summed E-state index contributed by atoms with van der Waals surface area (Å²) in [6, 6.07) is 0. The minimum absolute atomic E-state index is 0.166. The van der Waals surface area contributed by atoms with Gasteiger partial charge in [0.2, 0.25) is 0 Å². The van der Waals surface area contributed by atoms with Crippen LogP contribution in [0.3, 0.4) is 0 Å². The molecule has 2 saturated heterocycles. The summed E-state index contributed by atoms with van der Waals surface area (Å²) in [5, 5.41) is 9.57.